The summed E-state index contributed by atoms with van der Waals surface area (Å²) >= 11 is 0. The van der Waals surface area contributed by atoms with Crippen molar-refractivity contribution in [2.75, 3.05) is 7.11 Å². The van der Waals surface area contributed by atoms with Crippen LogP contribution in [0.2, 0.25) is 0 Å². The van der Waals surface area contributed by atoms with Crippen molar-refractivity contribution in [2.45, 2.75) is 38.5 Å². The Kier molecular flexibility index (Phi) is 4.39. The maximum absolute atomic E-state index is 13.4. The number of rotatable bonds is 4. The van der Waals surface area contributed by atoms with Gasteiger partial charge < -0.3 is 9.84 Å². The van der Waals surface area contributed by atoms with Crippen LogP contribution in [0, 0.1) is 11.8 Å². The van der Waals surface area contributed by atoms with Gasteiger partial charge >= 0.3 is 0 Å². The Morgan fingerprint density at radius 2 is 2.21 bits per heavy atom. The molecule has 0 bridgehead atoms. The van der Waals surface area contributed by atoms with Gasteiger partial charge in [0.2, 0.25) is 0 Å². The van der Waals surface area contributed by atoms with Crippen molar-refractivity contribution in [3.05, 3.63) is 12.3 Å². The molecule has 1 aliphatic rings. The summed E-state index contributed by atoms with van der Waals surface area (Å²) in [5.74, 6) is 0.0629. The van der Waals surface area contributed by atoms with Crippen molar-refractivity contribution in [1.82, 2.24) is 0 Å². The van der Waals surface area contributed by atoms with Crippen molar-refractivity contribution < 1.29 is 14.2 Å². The van der Waals surface area contributed by atoms with Crippen molar-refractivity contribution in [3.8, 4) is 0 Å². The molecule has 1 rings (SSSR count). The van der Waals surface area contributed by atoms with Crippen molar-refractivity contribution in [2.24, 2.45) is 11.8 Å². The van der Waals surface area contributed by atoms with E-state index in [1.807, 2.05) is 13.0 Å². The van der Waals surface area contributed by atoms with Crippen molar-refractivity contribution in [3.63, 3.8) is 0 Å². The number of hydrogen-bond donors (Lipinski definition) is 1. The quantitative estimate of drug-likeness (QED) is 0.709. The van der Waals surface area contributed by atoms with Crippen LogP contribution in [-0.4, -0.2) is 24.5 Å². The summed E-state index contributed by atoms with van der Waals surface area (Å²) in [6.07, 6.45) is 3.91. The van der Waals surface area contributed by atoms with E-state index in [-0.39, 0.29) is 11.8 Å². The highest BCUT2D eigenvalue weighted by Gasteiger charge is 2.40. The van der Waals surface area contributed by atoms with Crippen LogP contribution in [0.4, 0.5) is 4.39 Å². The first-order valence-corrected chi connectivity index (χ1v) is 5.20. The predicted octanol–water partition coefficient (Wildman–Crippen LogP) is 2.28. The molecule has 1 aliphatic carbocycles. The number of allylic oxidation sites excluding steroid dienone is 1. The normalized spacial score (nSPS) is 38.0. The first kappa shape index (κ1) is 11.5. The van der Waals surface area contributed by atoms with E-state index < -0.39 is 12.3 Å². The first-order valence-electron chi connectivity index (χ1n) is 5.20. The van der Waals surface area contributed by atoms with Gasteiger partial charge in [-0.1, -0.05) is 13.3 Å². The van der Waals surface area contributed by atoms with E-state index in [4.69, 9.17) is 4.74 Å². The molecule has 82 valence electrons. The van der Waals surface area contributed by atoms with E-state index in [0.29, 0.717) is 12.8 Å². The number of methoxy groups -OCH3 is 1. The number of aliphatic hydroxyl groups excluding tert-OH is 1. The molecule has 14 heavy (non-hydrogen) atoms. The lowest BCUT2D eigenvalue weighted by Crippen LogP contribution is -2.19. The van der Waals surface area contributed by atoms with Crippen LogP contribution in [0.15, 0.2) is 12.3 Å². The fourth-order valence-corrected chi connectivity index (χ4v) is 2.33. The lowest BCUT2D eigenvalue weighted by atomic mass is 9.89. The van der Waals surface area contributed by atoms with Crippen molar-refractivity contribution in [1.29, 1.82) is 0 Å². The average molecular weight is 202 g/mol. The maximum Gasteiger partial charge on any atom is 0.106 e. The second kappa shape index (κ2) is 5.35. The third-order valence-electron chi connectivity index (χ3n) is 3.09. The Morgan fingerprint density at radius 1 is 1.50 bits per heavy atom. The maximum atomic E-state index is 13.4. The molecule has 1 fully saturated rings. The van der Waals surface area contributed by atoms with Gasteiger partial charge in [-0.25, -0.2) is 4.39 Å². The van der Waals surface area contributed by atoms with Gasteiger partial charge in [0.25, 0.3) is 0 Å². The van der Waals surface area contributed by atoms with Crippen molar-refractivity contribution >= 4 is 0 Å². The standard InChI is InChI=1S/C11H19FO2/c1-3-8-9(5-4-6-14-2)11(13)7-10(8)12/h4,6,8-11,13H,3,5,7H2,1-2H3/t8-,9-,10?,11?/m1/s1. The summed E-state index contributed by atoms with van der Waals surface area (Å²) in [6, 6.07) is 0. The van der Waals surface area contributed by atoms with Gasteiger partial charge in [0.05, 0.1) is 19.5 Å². The Balaban J connectivity index is 2.51. The smallest absolute Gasteiger partial charge is 0.106 e. The molecule has 0 amide bonds. The zero-order chi connectivity index (χ0) is 10.6. The summed E-state index contributed by atoms with van der Waals surface area (Å²) in [7, 11) is 1.58. The third kappa shape index (κ3) is 2.47. The Labute approximate surface area is 84.8 Å². The van der Waals surface area contributed by atoms with Gasteiger partial charge in [0, 0.05) is 6.42 Å². The SMILES string of the molecule is CC[C@H]1C(F)CC(O)[C@@H]1CC=COC. The summed E-state index contributed by atoms with van der Waals surface area (Å²) < 4.78 is 18.2. The highest BCUT2D eigenvalue weighted by atomic mass is 19.1. The zero-order valence-corrected chi connectivity index (χ0v) is 8.82. The van der Waals surface area contributed by atoms with Crippen LogP contribution in [0.25, 0.3) is 0 Å². The molecule has 0 aliphatic heterocycles. The Hall–Kier alpha value is -0.570. The Bertz CT molecular complexity index is 194. The number of hydrogen-bond acceptors (Lipinski definition) is 2. The van der Waals surface area contributed by atoms with Gasteiger partial charge in [0.15, 0.2) is 0 Å². The topological polar surface area (TPSA) is 29.5 Å². The minimum Gasteiger partial charge on any atom is -0.505 e. The van der Waals surface area contributed by atoms with Crippen LogP contribution in [-0.2, 0) is 4.74 Å². The molecule has 0 spiro atoms. The minimum atomic E-state index is -0.837. The fourth-order valence-electron chi connectivity index (χ4n) is 2.33. The van der Waals surface area contributed by atoms with Gasteiger partial charge in [-0.2, -0.15) is 0 Å². The molecular weight excluding hydrogens is 183 g/mol. The van der Waals surface area contributed by atoms with Crippen LogP contribution < -0.4 is 0 Å². The van der Waals surface area contributed by atoms with Crippen LogP contribution in [0.3, 0.4) is 0 Å². The zero-order valence-electron chi connectivity index (χ0n) is 8.82. The molecule has 0 aromatic rings. The molecule has 0 aromatic carbocycles. The molecule has 0 radical (unpaired) electrons. The van der Waals surface area contributed by atoms with E-state index in [0.717, 1.165) is 6.42 Å². The van der Waals surface area contributed by atoms with Gasteiger partial charge in [-0.05, 0) is 24.3 Å². The summed E-state index contributed by atoms with van der Waals surface area (Å²) in [5, 5.41) is 9.65. The lowest BCUT2D eigenvalue weighted by Gasteiger charge is -2.19. The first-order chi connectivity index (χ1) is 6.70. The molecule has 2 unspecified atom stereocenters. The van der Waals surface area contributed by atoms with E-state index in [9.17, 15) is 9.50 Å². The van der Waals surface area contributed by atoms with Gasteiger partial charge in [0.1, 0.15) is 6.17 Å². The average Bonchev–Trinajstić information content (AvgIpc) is 2.42. The molecule has 3 heteroatoms. The second-order valence-corrected chi connectivity index (χ2v) is 3.90. The Morgan fingerprint density at radius 3 is 2.79 bits per heavy atom. The number of ether oxygens (including phenoxy) is 1. The molecule has 4 atom stereocenters. The second-order valence-electron chi connectivity index (χ2n) is 3.90. The summed E-state index contributed by atoms with van der Waals surface area (Å²) in [4.78, 5) is 0. The highest BCUT2D eigenvalue weighted by Crippen LogP contribution is 2.38. The van der Waals surface area contributed by atoms with E-state index >= 15 is 0 Å². The highest BCUT2D eigenvalue weighted by molar-refractivity contribution is 4.94. The van der Waals surface area contributed by atoms with E-state index in [1.54, 1.807) is 13.4 Å². The molecule has 2 nitrogen and oxygen atoms in total. The third-order valence-corrected chi connectivity index (χ3v) is 3.09. The van der Waals surface area contributed by atoms with E-state index in [2.05, 4.69) is 0 Å². The summed E-state index contributed by atoms with van der Waals surface area (Å²) in [6.45, 7) is 1.97. The lowest BCUT2D eigenvalue weighted by molar-refractivity contribution is 0.117. The molecular formula is C11H19FO2. The minimum absolute atomic E-state index is 0.00602. The van der Waals surface area contributed by atoms with E-state index in [1.165, 1.54) is 0 Å². The number of alkyl halides is 1. The number of aliphatic hydroxyl groups is 1. The molecule has 1 saturated carbocycles. The number of halogens is 1. The molecule has 0 saturated heterocycles. The van der Waals surface area contributed by atoms with Crippen LogP contribution in [0.5, 0.6) is 0 Å². The van der Waals surface area contributed by atoms with Crippen LogP contribution >= 0.6 is 0 Å². The molecule has 0 aromatic heterocycles. The largest absolute Gasteiger partial charge is 0.505 e. The van der Waals surface area contributed by atoms with Crippen LogP contribution in [0.1, 0.15) is 26.2 Å². The molecule has 1 N–H and O–H groups in total. The fraction of sp³-hybridized carbons (Fsp3) is 0.818. The van der Waals surface area contributed by atoms with Gasteiger partial charge in [-0.15, -0.1) is 0 Å². The monoisotopic (exact) mass is 202 g/mol. The molecule has 0 heterocycles. The predicted molar refractivity (Wildman–Crippen MR) is 53.6 cm³/mol. The van der Waals surface area contributed by atoms with Gasteiger partial charge in [-0.3, -0.25) is 0 Å². The summed E-state index contributed by atoms with van der Waals surface area (Å²) in [5.41, 5.74) is 0.